The van der Waals surface area contributed by atoms with E-state index in [-0.39, 0.29) is 34.9 Å². The summed E-state index contributed by atoms with van der Waals surface area (Å²) in [6, 6.07) is 36.2. The van der Waals surface area contributed by atoms with Crippen molar-refractivity contribution < 1.29 is 46.1 Å². The zero-order chi connectivity index (χ0) is 20.9. The van der Waals surface area contributed by atoms with Gasteiger partial charge in [0.25, 0.3) is 0 Å². The van der Waals surface area contributed by atoms with E-state index in [1.54, 1.807) is 0 Å². The van der Waals surface area contributed by atoms with Crippen LogP contribution in [0.3, 0.4) is 0 Å². The number of benzene rings is 4. The first kappa shape index (κ1) is 27.1. The fraction of sp³-hybridized carbons (Fsp3) is 0.143. The maximum absolute atomic E-state index is 3.30. The van der Waals surface area contributed by atoms with E-state index in [9.17, 15) is 0 Å². The van der Waals surface area contributed by atoms with Gasteiger partial charge in [-0.3, -0.25) is 0 Å². The molecular formula is C28H24Cl2GeHf-2. The van der Waals surface area contributed by atoms with Crippen molar-refractivity contribution in [3.05, 3.63) is 119 Å². The van der Waals surface area contributed by atoms with Crippen molar-refractivity contribution in [3.63, 3.8) is 0 Å². The molecule has 4 aromatic carbocycles. The molecule has 0 bridgehead atoms. The van der Waals surface area contributed by atoms with Crippen LogP contribution in [-0.4, -0.2) is 10.1 Å². The molecule has 0 aromatic heterocycles. The average molecular weight is 683 g/mol. The predicted octanol–water partition coefficient (Wildman–Crippen LogP) is 0.908. The molecule has 6 rings (SSSR count). The van der Waals surface area contributed by atoms with Crippen molar-refractivity contribution in [3.8, 4) is 22.3 Å². The van der Waals surface area contributed by atoms with Gasteiger partial charge in [0, 0.05) is 0 Å². The quantitative estimate of drug-likeness (QED) is 0.165. The second-order valence-electron chi connectivity index (χ2n) is 7.79. The molecule has 0 nitrogen and oxygen atoms in total. The summed E-state index contributed by atoms with van der Waals surface area (Å²) in [6.45, 7) is 0. The summed E-state index contributed by atoms with van der Waals surface area (Å²) < 4.78 is 0. The molecule has 0 aliphatic heterocycles. The van der Waals surface area contributed by atoms with E-state index in [1.165, 1.54) is 65.8 Å². The van der Waals surface area contributed by atoms with E-state index in [0.29, 0.717) is 0 Å². The molecule has 0 fully saturated rings. The summed E-state index contributed by atoms with van der Waals surface area (Å²) in [4.78, 5) is 0. The first-order valence-electron chi connectivity index (χ1n) is 10.3. The van der Waals surface area contributed by atoms with Crippen LogP contribution in [0, 0.1) is 12.1 Å². The largest absolute Gasteiger partial charge is 1.00 e. The van der Waals surface area contributed by atoms with Crippen molar-refractivity contribution in [1.29, 1.82) is 0 Å². The minimum Gasteiger partial charge on any atom is -1.00 e. The van der Waals surface area contributed by atoms with Crippen molar-refractivity contribution >= 4 is 10.1 Å². The van der Waals surface area contributed by atoms with E-state index < -0.39 is 0 Å². The van der Waals surface area contributed by atoms with Gasteiger partial charge >= 0.3 is 42.8 Å². The Hall–Kier alpha value is -1.13. The first-order valence-corrected chi connectivity index (χ1v) is 24.9. The Morgan fingerprint density at radius 3 is 1.34 bits per heavy atom. The molecule has 0 saturated heterocycles. The third-order valence-corrected chi connectivity index (χ3v) is 5.23. The van der Waals surface area contributed by atoms with Crippen molar-refractivity contribution in [1.82, 2.24) is 0 Å². The molecule has 2 aliphatic rings. The summed E-state index contributed by atoms with van der Waals surface area (Å²) in [5.74, 6) is 4.79. The Balaban J connectivity index is 0.000000185. The van der Waals surface area contributed by atoms with Crippen LogP contribution in [0.1, 0.15) is 22.3 Å². The van der Waals surface area contributed by atoms with Gasteiger partial charge in [0.1, 0.15) is 0 Å². The van der Waals surface area contributed by atoms with Gasteiger partial charge in [-0.15, -0.1) is 11.1 Å². The summed E-state index contributed by atoms with van der Waals surface area (Å²) in [7, 11) is -0.194. The zero-order valence-corrected chi connectivity index (χ0v) is 25.5. The number of hydrogen-bond donors (Lipinski definition) is 0. The van der Waals surface area contributed by atoms with Gasteiger partial charge in [0.15, 0.2) is 0 Å². The number of rotatable bonds is 0. The van der Waals surface area contributed by atoms with Gasteiger partial charge in [-0.05, 0) is 12.8 Å². The molecule has 160 valence electrons. The van der Waals surface area contributed by atoms with Gasteiger partial charge in [-0.25, -0.2) is 0 Å². The van der Waals surface area contributed by atoms with Crippen LogP contribution in [0.2, 0.25) is 11.5 Å². The van der Waals surface area contributed by atoms with Gasteiger partial charge in [0.05, 0.1) is 0 Å². The maximum atomic E-state index is 3.30. The molecule has 32 heavy (non-hydrogen) atoms. The van der Waals surface area contributed by atoms with Crippen LogP contribution in [0.4, 0.5) is 0 Å². The Morgan fingerprint density at radius 2 is 0.938 bits per heavy atom. The minimum atomic E-state index is -0.194. The standard InChI is InChI=1S/2C13H9.C2H6Ge.2ClH.Hf/c2*1-3-7-12-10(5-1)9-11-6-2-4-8-13(11)12;1-3-2;;;/h2*1-5,7-8H,9H2;1-2H3;2*1H;/q2*-1;;;;+2/p-2. The minimum absolute atomic E-state index is 0. The van der Waals surface area contributed by atoms with Crippen LogP contribution in [0.25, 0.3) is 22.3 Å². The monoisotopic (exact) mass is 684 g/mol. The van der Waals surface area contributed by atoms with Gasteiger partial charge in [0.2, 0.25) is 0 Å². The second-order valence-corrected chi connectivity index (χ2v) is 30.7. The molecular weight excluding hydrogens is 658 g/mol. The number of halogens is 2. The topological polar surface area (TPSA) is 0 Å². The molecule has 0 amide bonds. The second kappa shape index (κ2) is 12.9. The maximum Gasteiger partial charge on any atom is -0.0253 e. The van der Waals surface area contributed by atoms with Gasteiger partial charge in [-0.2, -0.15) is 59.7 Å². The van der Waals surface area contributed by atoms with Gasteiger partial charge in [-0.1, -0.05) is 70.8 Å². The Bertz CT molecular complexity index is 1020. The fourth-order valence-electron chi connectivity index (χ4n) is 4.00. The van der Waals surface area contributed by atoms with Crippen LogP contribution in [0.5, 0.6) is 0 Å². The smallest absolute Gasteiger partial charge is 0.0253 e. The third-order valence-electron chi connectivity index (χ3n) is 5.23. The van der Waals surface area contributed by atoms with E-state index >= 15 is 0 Å². The Kier molecular flexibility index (Phi) is 11.0. The molecule has 2 aliphatic carbocycles. The normalized spacial score (nSPS) is 10.9. The van der Waals surface area contributed by atoms with Crippen LogP contribution >= 0.6 is 0 Å². The summed E-state index contributed by atoms with van der Waals surface area (Å²) in [5.41, 5.74) is 11.0. The van der Waals surface area contributed by atoms with Crippen LogP contribution in [0.15, 0.2) is 84.9 Å². The number of fused-ring (bicyclic) bond motifs is 6. The molecule has 0 unspecified atom stereocenters. The molecule has 0 spiro atoms. The van der Waals surface area contributed by atoms with E-state index in [2.05, 4.69) is 96.4 Å². The predicted molar refractivity (Wildman–Crippen MR) is 125 cm³/mol. The average Bonchev–Trinajstić information content (AvgIpc) is 3.32. The van der Waals surface area contributed by atoms with Crippen molar-refractivity contribution in [2.75, 3.05) is 0 Å². The molecule has 0 N–H and O–H groups in total. The fourth-order valence-corrected chi connectivity index (χ4v) is 4.00. The van der Waals surface area contributed by atoms with E-state index in [0.717, 1.165) is 12.8 Å². The van der Waals surface area contributed by atoms with Crippen molar-refractivity contribution in [2.24, 2.45) is 0 Å². The number of hydrogen-bond acceptors (Lipinski definition) is 0. The van der Waals surface area contributed by atoms with Gasteiger partial charge < -0.3 is 24.8 Å². The molecule has 4 heteroatoms. The SMILES string of the molecule is [CH3][Ge]([CH3])=[Hf+2].[Cl-].[Cl-].[c-]1cccc2c1Cc1ccccc1-2.[c-]1cccc2c1Cc1ccccc1-2. The van der Waals surface area contributed by atoms with Crippen LogP contribution in [-0.2, 0) is 34.1 Å². The van der Waals surface area contributed by atoms with E-state index in [1.807, 2.05) is 12.1 Å². The molecule has 0 heterocycles. The third kappa shape index (κ3) is 6.47. The Morgan fingerprint density at radius 1 is 0.594 bits per heavy atom. The first-order chi connectivity index (χ1) is 14.6. The molecule has 4 aromatic rings. The molecule has 0 saturated carbocycles. The summed E-state index contributed by atoms with van der Waals surface area (Å²) >= 11 is 1.52. The summed E-state index contributed by atoms with van der Waals surface area (Å²) in [5, 5.41) is 0. The van der Waals surface area contributed by atoms with E-state index in [4.69, 9.17) is 0 Å². The summed E-state index contributed by atoms with van der Waals surface area (Å²) in [6.07, 6.45) is 2.10. The van der Waals surface area contributed by atoms with Crippen molar-refractivity contribution in [2.45, 2.75) is 24.4 Å². The zero-order valence-electron chi connectivity index (χ0n) is 18.3. The molecule has 0 radical (unpaired) electrons. The molecule has 0 atom stereocenters. The Labute approximate surface area is 220 Å². The van der Waals surface area contributed by atoms with Crippen LogP contribution < -0.4 is 24.8 Å².